The molecule has 2 aromatic carbocycles. The van der Waals surface area contributed by atoms with Gasteiger partial charge in [-0.25, -0.2) is 9.38 Å². The van der Waals surface area contributed by atoms with Crippen molar-refractivity contribution in [2.45, 2.75) is 6.92 Å². The van der Waals surface area contributed by atoms with Gasteiger partial charge in [0.1, 0.15) is 11.5 Å². The highest BCUT2D eigenvalue weighted by Gasteiger charge is 2.24. The average molecular weight is 329 g/mol. The third-order valence-electron chi connectivity index (χ3n) is 3.31. The first-order valence-electron chi connectivity index (χ1n) is 6.89. The first-order valence-corrected chi connectivity index (χ1v) is 6.89. The fourth-order valence-electron chi connectivity index (χ4n) is 2.07. The lowest BCUT2D eigenvalue weighted by atomic mass is 10.2. The van der Waals surface area contributed by atoms with E-state index in [1.807, 2.05) is 0 Å². The second kappa shape index (κ2) is 5.95. The summed E-state index contributed by atoms with van der Waals surface area (Å²) in [5, 5.41) is 25.2. The van der Waals surface area contributed by atoms with Crippen molar-refractivity contribution in [1.29, 1.82) is 0 Å². The first kappa shape index (κ1) is 15.4. The first-order chi connectivity index (χ1) is 11.5. The van der Waals surface area contributed by atoms with Crippen molar-refractivity contribution in [3.63, 3.8) is 0 Å². The van der Waals surface area contributed by atoms with Crippen molar-refractivity contribution < 1.29 is 14.5 Å². The van der Waals surface area contributed by atoms with E-state index in [2.05, 4.69) is 10.1 Å². The van der Waals surface area contributed by atoms with E-state index in [1.54, 1.807) is 37.3 Å². The van der Waals surface area contributed by atoms with Gasteiger partial charge in [0.15, 0.2) is 0 Å². The van der Waals surface area contributed by atoms with Gasteiger partial charge in [-0.3, -0.25) is 0 Å². The lowest BCUT2D eigenvalue weighted by Crippen LogP contribution is -2.22. The minimum absolute atomic E-state index is 0.122. The molecule has 3 rings (SSSR count). The number of rotatable bonds is 3. The van der Waals surface area contributed by atoms with Crippen molar-refractivity contribution >= 4 is 11.5 Å². The molecular formula is C15H12FN5O3. The summed E-state index contributed by atoms with van der Waals surface area (Å²) in [6.07, 6.45) is 0. The van der Waals surface area contributed by atoms with E-state index in [4.69, 9.17) is 0 Å². The molecule has 0 aliphatic rings. The van der Waals surface area contributed by atoms with Gasteiger partial charge in [-0.05, 0) is 46.5 Å². The highest BCUT2D eigenvalue weighted by atomic mass is 19.1. The van der Waals surface area contributed by atoms with E-state index in [1.165, 1.54) is 12.1 Å². The van der Waals surface area contributed by atoms with E-state index in [9.17, 15) is 19.7 Å². The van der Waals surface area contributed by atoms with Crippen LogP contribution in [0.3, 0.4) is 0 Å². The van der Waals surface area contributed by atoms with Crippen LogP contribution in [0, 0.1) is 22.9 Å². The van der Waals surface area contributed by atoms with Crippen molar-refractivity contribution in [2.75, 3.05) is 0 Å². The molecule has 0 unspecified atom stereocenters. The SMILES string of the molecule is Cc1ccc(N=c2c([N+](=O)[O-])nn(-c3ccccc3)n2O)cc1F. The van der Waals surface area contributed by atoms with E-state index < -0.39 is 22.0 Å². The number of nitrogens with zero attached hydrogens (tertiary/aromatic N) is 5. The van der Waals surface area contributed by atoms with Crippen molar-refractivity contribution in [3.8, 4) is 5.69 Å². The van der Waals surface area contributed by atoms with Crippen LogP contribution in [0.2, 0.25) is 0 Å². The Morgan fingerprint density at radius 3 is 2.58 bits per heavy atom. The van der Waals surface area contributed by atoms with Gasteiger partial charge in [0.2, 0.25) is 0 Å². The van der Waals surface area contributed by atoms with Crippen LogP contribution in [0.1, 0.15) is 5.56 Å². The molecule has 1 heterocycles. The average Bonchev–Trinajstić information content (AvgIpc) is 2.89. The largest absolute Gasteiger partial charge is 0.438 e. The highest BCUT2D eigenvalue weighted by molar-refractivity contribution is 5.40. The van der Waals surface area contributed by atoms with Gasteiger partial charge < -0.3 is 15.3 Å². The van der Waals surface area contributed by atoms with Gasteiger partial charge in [0.25, 0.3) is 5.49 Å². The predicted octanol–water partition coefficient (Wildman–Crippen LogP) is 2.50. The summed E-state index contributed by atoms with van der Waals surface area (Å²) in [7, 11) is 0. The fraction of sp³-hybridized carbons (Fsp3) is 0.0667. The maximum absolute atomic E-state index is 13.6. The van der Waals surface area contributed by atoms with Crippen LogP contribution < -0.4 is 5.49 Å². The summed E-state index contributed by atoms with van der Waals surface area (Å²) in [6, 6.07) is 12.5. The Morgan fingerprint density at radius 1 is 1.25 bits per heavy atom. The number of nitro groups is 1. The molecule has 0 saturated carbocycles. The molecule has 122 valence electrons. The number of aryl methyl sites for hydroxylation is 1. The van der Waals surface area contributed by atoms with Gasteiger partial charge in [-0.1, -0.05) is 29.1 Å². The minimum Gasteiger partial charge on any atom is -0.409 e. The van der Waals surface area contributed by atoms with E-state index in [0.717, 1.165) is 10.9 Å². The smallest absolute Gasteiger partial charge is 0.409 e. The van der Waals surface area contributed by atoms with Crippen LogP contribution in [-0.2, 0) is 0 Å². The van der Waals surface area contributed by atoms with Gasteiger partial charge in [-0.2, -0.15) is 0 Å². The monoisotopic (exact) mass is 329 g/mol. The lowest BCUT2D eigenvalue weighted by molar-refractivity contribution is -0.391. The molecule has 0 amide bonds. The van der Waals surface area contributed by atoms with Gasteiger partial charge in [0.05, 0.1) is 10.8 Å². The van der Waals surface area contributed by atoms with Crippen LogP contribution in [0.15, 0.2) is 53.5 Å². The summed E-state index contributed by atoms with van der Waals surface area (Å²) in [5.41, 5.74) is 0.531. The van der Waals surface area contributed by atoms with Crippen molar-refractivity contribution in [2.24, 2.45) is 4.99 Å². The van der Waals surface area contributed by atoms with E-state index in [0.29, 0.717) is 16.1 Å². The maximum Gasteiger partial charge on any atom is 0.438 e. The quantitative estimate of drug-likeness (QED) is 0.453. The Kier molecular flexibility index (Phi) is 3.82. The number of hydrogen-bond acceptors (Lipinski definition) is 5. The number of hydrogen-bond donors (Lipinski definition) is 1. The molecule has 0 aliphatic heterocycles. The Hall–Kier alpha value is -3.49. The molecule has 0 spiro atoms. The molecule has 0 aliphatic carbocycles. The molecule has 0 atom stereocenters. The van der Waals surface area contributed by atoms with E-state index >= 15 is 0 Å². The van der Waals surface area contributed by atoms with Crippen LogP contribution in [0.5, 0.6) is 0 Å². The highest BCUT2D eigenvalue weighted by Crippen LogP contribution is 2.16. The molecule has 0 fully saturated rings. The molecule has 8 nitrogen and oxygen atoms in total. The molecular weight excluding hydrogens is 317 g/mol. The molecule has 1 aromatic heterocycles. The molecule has 24 heavy (non-hydrogen) atoms. The minimum atomic E-state index is -0.768. The summed E-state index contributed by atoms with van der Waals surface area (Å²) in [6.45, 7) is 1.58. The predicted molar refractivity (Wildman–Crippen MR) is 81.8 cm³/mol. The van der Waals surface area contributed by atoms with Crippen LogP contribution in [0.25, 0.3) is 5.69 Å². The van der Waals surface area contributed by atoms with Crippen molar-refractivity contribution in [1.82, 2.24) is 14.7 Å². The Balaban J connectivity index is 2.23. The van der Waals surface area contributed by atoms with Crippen molar-refractivity contribution in [3.05, 3.63) is 75.5 Å². The van der Waals surface area contributed by atoms with Crippen LogP contribution >= 0.6 is 0 Å². The fourth-order valence-corrected chi connectivity index (χ4v) is 2.07. The van der Waals surface area contributed by atoms with Gasteiger partial charge in [-0.15, -0.1) is 0 Å². The number of para-hydroxylation sites is 1. The molecule has 0 radical (unpaired) electrons. The molecule has 9 heteroatoms. The third kappa shape index (κ3) is 2.74. The van der Waals surface area contributed by atoms with E-state index in [-0.39, 0.29) is 5.69 Å². The zero-order chi connectivity index (χ0) is 17.3. The maximum atomic E-state index is 13.6. The Morgan fingerprint density at radius 2 is 1.96 bits per heavy atom. The second-order valence-electron chi connectivity index (χ2n) is 4.96. The topological polar surface area (TPSA) is 98.5 Å². The van der Waals surface area contributed by atoms with Gasteiger partial charge >= 0.3 is 5.82 Å². The zero-order valence-electron chi connectivity index (χ0n) is 12.5. The Labute approximate surface area is 134 Å². The van der Waals surface area contributed by atoms with Crippen LogP contribution in [-0.4, -0.2) is 24.9 Å². The molecule has 3 aromatic rings. The second-order valence-corrected chi connectivity index (χ2v) is 4.96. The summed E-state index contributed by atoms with van der Waals surface area (Å²) < 4.78 is 13.6. The normalized spacial score (nSPS) is 11.7. The molecule has 0 bridgehead atoms. The van der Waals surface area contributed by atoms with Gasteiger partial charge in [0, 0.05) is 0 Å². The summed E-state index contributed by atoms with van der Waals surface area (Å²) in [5.74, 6) is -1.15. The zero-order valence-corrected chi connectivity index (χ0v) is 12.5. The lowest BCUT2D eigenvalue weighted by Gasteiger charge is -1.99. The Bertz CT molecular complexity index is 979. The number of benzene rings is 2. The summed E-state index contributed by atoms with van der Waals surface area (Å²) in [4.78, 5) is 15.8. The van der Waals surface area contributed by atoms with Crippen LogP contribution in [0.4, 0.5) is 15.9 Å². The molecule has 1 N–H and O–H groups in total. The standard InChI is InChI=1S/C15H12FN5O3/c1-10-7-8-11(9-13(10)16)17-14-15(21(23)24)18-19(20(14)22)12-5-3-2-4-6-12/h2-9,22H,1H3. The summed E-state index contributed by atoms with van der Waals surface area (Å²) >= 11 is 0. The number of halogens is 1. The molecule has 0 saturated heterocycles. The number of aromatic nitrogens is 3. The third-order valence-corrected chi connectivity index (χ3v) is 3.31.